The zero-order valence-corrected chi connectivity index (χ0v) is 17.9. The standard InChI is InChI=1S/C23H32N2O2S/c1-3-5-14-24-22(26)16-25-19-8-6-7-9-20(19)28-21(23(25)27)15-18-12-10-17(4-2)11-13-18/h10-13,15,19-20H,3-9,14,16H2,1-2H3,(H,24,26)/b21-15+. The van der Waals surface area contributed by atoms with E-state index in [1.165, 1.54) is 12.0 Å². The molecule has 0 spiro atoms. The normalized spacial score (nSPS) is 23.6. The summed E-state index contributed by atoms with van der Waals surface area (Å²) in [7, 11) is 0. The van der Waals surface area contributed by atoms with Crippen molar-refractivity contribution in [3.8, 4) is 0 Å². The highest BCUT2D eigenvalue weighted by atomic mass is 32.2. The van der Waals surface area contributed by atoms with E-state index in [-0.39, 0.29) is 24.4 Å². The van der Waals surface area contributed by atoms with Crippen molar-refractivity contribution >= 4 is 29.7 Å². The molecule has 1 saturated heterocycles. The van der Waals surface area contributed by atoms with Crippen molar-refractivity contribution in [1.82, 2.24) is 10.2 Å². The average Bonchev–Trinajstić information content (AvgIpc) is 2.72. The lowest BCUT2D eigenvalue weighted by Crippen LogP contribution is -2.54. The van der Waals surface area contributed by atoms with Gasteiger partial charge >= 0.3 is 0 Å². The molecule has 2 amide bonds. The minimum absolute atomic E-state index is 0.0124. The van der Waals surface area contributed by atoms with Gasteiger partial charge in [-0.05, 0) is 42.9 Å². The lowest BCUT2D eigenvalue weighted by atomic mass is 9.93. The number of fused-ring (bicyclic) bond motifs is 1. The molecule has 3 rings (SSSR count). The second-order valence-electron chi connectivity index (χ2n) is 7.75. The SMILES string of the molecule is CCCCNC(=O)CN1C(=O)/C(=C\c2ccc(CC)cc2)SC2CCCCC21. The Kier molecular flexibility index (Phi) is 7.60. The molecule has 2 unspecified atom stereocenters. The minimum Gasteiger partial charge on any atom is -0.355 e. The van der Waals surface area contributed by atoms with Crippen LogP contribution in [0.4, 0.5) is 0 Å². The molecule has 1 saturated carbocycles. The van der Waals surface area contributed by atoms with Gasteiger partial charge in [-0.15, -0.1) is 11.8 Å². The van der Waals surface area contributed by atoms with Crippen LogP contribution in [0.3, 0.4) is 0 Å². The quantitative estimate of drug-likeness (QED) is 0.545. The lowest BCUT2D eigenvalue weighted by molar-refractivity contribution is -0.135. The fourth-order valence-electron chi connectivity index (χ4n) is 3.98. The number of benzene rings is 1. The topological polar surface area (TPSA) is 49.4 Å². The third-order valence-corrected chi connectivity index (χ3v) is 7.07. The van der Waals surface area contributed by atoms with Crippen molar-refractivity contribution in [3.63, 3.8) is 0 Å². The molecule has 1 aliphatic heterocycles. The van der Waals surface area contributed by atoms with Gasteiger partial charge < -0.3 is 10.2 Å². The number of amides is 2. The number of rotatable bonds is 7. The van der Waals surface area contributed by atoms with E-state index in [0.29, 0.717) is 11.8 Å². The highest BCUT2D eigenvalue weighted by molar-refractivity contribution is 8.04. The van der Waals surface area contributed by atoms with Crippen LogP contribution in [-0.2, 0) is 16.0 Å². The fourth-order valence-corrected chi connectivity index (χ4v) is 5.45. The molecule has 1 aromatic carbocycles. The number of hydrogen-bond acceptors (Lipinski definition) is 3. The molecule has 1 N–H and O–H groups in total. The molecule has 0 bridgehead atoms. The molecule has 152 valence electrons. The van der Waals surface area contributed by atoms with E-state index in [1.54, 1.807) is 11.8 Å². The number of carbonyl (C=O) groups excluding carboxylic acids is 2. The van der Waals surface area contributed by atoms with Gasteiger partial charge in [-0.1, -0.05) is 57.4 Å². The van der Waals surface area contributed by atoms with Gasteiger partial charge in [-0.25, -0.2) is 0 Å². The number of carbonyl (C=O) groups is 2. The summed E-state index contributed by atoms with van der Waals surface area (Å²) in [5, 5.41) is 3.36. The van der Waals surface area contributed by atoms with Crippen molar-refractivity contribution in [3.05, 3.63) is 40.3 Å². The van der Waals surface area contributed by atoms with Crippen molar-refractivity contribution in [2.45, 2.75) is 70.1 Å². The third kappa shape index (κ3) is 5.19. The van der Waals surface area contributed by atoms with Gasteiger partial charge in [-0.2, -0.15) is 0 Å². The Hall–Kier alpha value is -1.75. The van der Waals surface area contributed by atoms with E-state index in [2.05, 4.69) is 43.4 Å². The molecule has 5 heteroatoms. The van der Waals surface area contributed by atoms with Crippen LogP contribution in [0, 0.1) is 0 Å². The van der Waals surface area contributed by atoms with Crippen LogP contribution in [0.15, 0.2) is 29.2 Å². The van der Waals surface area contributed by atoms with Crippen LogP contribution in [0.2, 0.25) is 0 Å². The number of nitrogens with zero attached hydrogens (tertiary/aromatic N) is 1. The number of thioether (sulfide) groups is 1. The smallest absolute Gasteiger partial charge is 0.261 e. The second-order valence-corrected chi connectivity index (χ2v) is 9.03. The first-order chi connectivity index (χ1) is 13.6. The van der Waals surface area contributed by atoms with E-state index < -0.39 is 0 Å². The van der Waals surface area contributed by atoms with Crippen LogP contribution in [0.25, 0.3) is 6.08 Å². The minimum atomic E-state index is -0.0373. The molecule has 1 aliphatic carbocycles. The first-order valence-electron chi connectivity index (χ1n) is 10.7. The average molecular weight is 401 g/mol. The molecular weight excluding hydrogens is 368 g/mol. The summed E-state index contributed by atoms with van der Waals surface area (Å²) in [5.74, 6) is -0.0250. The van der Waals surface area contributed by atoms with Gasteiger partial charge in [-0.3, -0.25) is 9.59 Å². The first-order valence-corrected chi connectivity index (χ1v) is 11.5. The lowest BCUT2D eigenvalue weighted by Gasteiger charge is -2.43. The molecular formula is C23H32N2O2S. The van der Waals surface area contributed by atoms with Crippen LogP contribution in [0.1, 0.15) is 63.5 Å². The summed E-state index contributed by atoms with van der Waals surface area (Å²) >= 11 is 1.72. The van der Waals surface area contributed by atoms with Gasteiger partial charge in [0.05, 0.1) is 4.91 Å². The maximum absolute atomic E-state index is 13.2. The molecule has 1 aromatic rings. The van der Waals surface area contributed by atoms with E-state index in [1.807, 2.05) is 11.0 Å². The Morgan fingerprint density at radius 1 is 1.21 bits per heavy atom. The highest BCUT2D eigenvalue weighted by Gasteiger charge is 2.41. The summed E-state index contributed by atoms with van der Waals surface area (Å²) in [6.45, 7) is 5.11. The van der Waals surface area contributed by atoms with E-state index in [0.717, 1.165) is 49.0 Å². The predicted octanol–water partition coefficient (Wildman–Crippen LogP) is 4.39. The molecule has 4 nitrogen and oxygen atoms in total. The van der Waals surface area contributed by atoms with Crippen molar-refractivity contribution in [2.75, 3.05) is 13.1 Å². The second kappa shape index (κ2) is 10.1. The largest absolute Gasteiger partial charge is 0.355 e. The number of unbranched alkanes of at least 4 members (excludes halogenated alkanes) is 1. The Balaban J connectivity index is 1.77. The summed E-state index contributed by atoms with van der Waals surface area (Å²) in [4.78, 5) is 28.3. The molecule has 28 heavy (non-hydrogen) atoms. The Labute approximate surface area is 173 Å². The van der Waals surface area contributed by atoms with Gasteiger partial charge in [0.2, 0.25) is 5.91 Å². The number of hydrogen-bond donors (Lipinski definition) is 1. The molecule has 2 aliphatic rings. The maximum Gasteiger partial charge on any atom is 0.261 e. The Morgan fingerprint density at radius 2 is 1.96 bits per heavy atom. The van der Waals surface area contributed by atoms with Gasteiger partial charge in [0.15, 0.2) is 0 Å². The zero-order valence-electron chi connectivity index (χ0n) is 17.1. The van der Waals surface area contributed by atoms with Gasteiger partial charge in [0, 0.05) is 17.8 Å². The predicted molar refractivity (Wildman–Crippen MR) is 117 cm³/mol. The van der Waals surface area contributed by atoms with Crippen LogP contribution in [0.5, 0.6) is 0 Å². The van der Waals surface area contributed by atoms with Gasteiger partial charge in [0.25, 0.3) is 5.91 Å². The molecule has 2 atom stereocenters. The maximum atomic E-state index is 13.2. The molecule has 2 fully saturated rings. The van der Waals surface area contributed by atoms with Gasteiger partial charge in [0.1, 0.15) is 6.54 Å². The first kappa shape index (κ1) is 21.0. The van der Waals surface area contributed by atoms with E-state index in [4.69, 9.17) is 0 Å². The Morgan fingerprint density at radius 3 is 2.68 bits per heavy atom. The van der Waals surface area contributed by atoms with Crippen molar-refractivity contribution in [1.29, 1.82) is 0 Å². The zero-order chi connectivity index (χ0) is 19.9. The highest BCUT2D eigenvalue weighted by Crippen LogP contribution is 2.42. The summed E-state index contributed by atoms with van der Waals surface area (Å²) < 4.78 is 0. The number of aryl methyl sites for hydroxylation is 1. The fraction of sp³-hybridized carbons (Fsp3) is 0.565. The third-order valence-electron chi connectivity index (χ3n) is 5.67. The van der Waals surface area contributed by atoms with E-state index in [9.17, 15) is 9.59 Å². The van der Waals surface area contributed by atoms with Crippen LogP contribution >= 0.6 is 11.8 Å². The Bertz CT molecular complexity index is 714. The molecule has 0 radical (unpaired) electrons. The van der Waals surface area contributed by atoms with Crippen LogP contribution in [-0.4, -0.2) is 41.1 Å². The summed E-state index contributed by atoms with van der Waals surface area (Å²) in [6, 6.07) is 8.57. The summed E-state index contributed by atoms with van der Waals surface area (Å²) in [6.07, 6.45) is 9.49. The molecule has 1 heterocycles. The van der Waals surface area contributed by atoms with E-state index >= 15 is 0 Å². The van der Waals surface area contributed by atoms with Crippen molar-refractivity contribution in [2.24, 2.45) is 0 Å². The monoisotopic (exact) mass is 400 g/mol. The van der Waals surface area contributed by atoms with Crippen LogP contribution < -0.4 is 5.32 Å². The summed E-state index contributed by atoms with van der Waals surface area (Å²) in [5.41, 5.74) is 2.34. The number of nitrogens with one attached hydrogen (secondary N) is 1. The molecule has 0 aromatic heterocycles. The van der Waals surface area contributed by atoms with Crippen molar-refractivity contribution < 1.29 is 9.59 Å².